The topological polar surface area (TPSA) is 96.7 Å². The van der Waals surface area contributed by atoms with Crippen molar-refractivity contribution in [1.82, 2.24) is 4.57 Å². The highest BCUT2D eigenvalue weighted by molar-refractivity contribution is 5.75. The zero-order valence-corrected chi connectivity index (χ0v) is 11.9. The summed E-state index contributed by atoms with van der Waals surface area (Å²) in [6, 6.07) is 4.11. The van der Waals surface area contributed by atoms with Gasteiger partial charge in [0.15, 0.2) is 5.58 Å². The highest BCUT2D eigenvalue weighted by Crippen LogP contribution is 2.20. The molecule has 1 saturated heterocycles. The van der Waals surface area contributed by atoms with Crippen molar-refractivity contribution in [2.45, 2.75) is 25.5 Å². The van der Waals surface area contributed by atoms with Gasteiger partial charge in [-0.1, -0.05) is 0 Å². The zero-order chi connectivity index (χ0) is 15.5. The van der Waals surface area contributed by atoms with Crippen LogP contribution in [0, 0.1) is 10.1 Å². The van der Waals surface area contributed by atoms with Gasteiger partial charge >= 0.3 is 5.76 Å². The van der Waals surface area contributed by atoms with E-state index in [-0.39, 0.29) is 17.4 Å². The summed E-state index contributed by atoms with van der Waals surface area (Å²) in [7, 11) is 0. The van der Waals surface area contributed by atoms with Crippen molar-refractivity contribution in [3.05, 3.63) is 38.9 Å². The van der Waals surface area contributed by atoms with Gasteiger partial charge in [0.2, 0.25) is 0 Å². The van der Waals surface area contributed by atoms with Gasteiger partial charge in [0, 0.05) is 12.7 Å². The van der Waals surface area contributed by atoms with Gasteiger partial charge in [-0.05, 0) is 18.9 Å². The maximum absolute atomic E-state index is 11.8. The molecule has 0 spiro atoms. The molecule has 22 heavy (non-hydrogen) atoms. The standard InChI is InChI=1S/C14H16N2O6/c17-14-15(5-7-20-9-11-2-1-6-21-11)12-4-3-10(16(18)19)8-13(12)22-14/h3-4,8,11H,1-2,5-7,9H2/t11-/m0/s1. The van der Waals surface area contributed by atoms with Gasteiger partial charge in [0.25, 0.3) is 5.69 Å². The molecule has 0 radical (unpaired) electrons. The number of hydrogen-bond acceptors (Lipinski definition) is 6. The first-order valence-corrected chi connectivity index (χ1v) is 7.12. The summed E-state index contributed by atoms with van der Waals surface area (Å²) in [5.41, 5.74) is 0.623. The molecule has 8 nitrogen and oxygen atoms in total. The van der Waals surface area contributed by atoms with Crippen LogP contribution in [0.4, 0.5) is 5.69 Å². The lowest BCUT2D eigenvalue weighted by molar-refractivity contribution is -0.384. The van der Waals surface area contributed by atoms with Crippen LogP contribution in [0.2, 0.25) is 0 Å². The monoisotopic (exact) mass is 308 g/mol. The van der Waals surface area contributed by atoms with E-state index in [9.17, 15) is 14.9 Å². The van der Waals surface area contributed by atoms with E-state index in [1.165, 1.54) is 22.8 Å². The molecule has 1 aromatic carbocycles. The van der Waals surface area contributed by atoms with Crippen LogP contribution in [-0.4, -0.2) is 35.4 Å². The number of oxazole rings is 1. The fraction of sp³-hybridized carbons (Fsp3) is 0.500. The summed E-state index contributed by atoms with van der Waals surface area (Å²) in [4.78, 5) is 22.0. The summed E-state index contributed by atoms with van der Waals surface area (Å²) in [6.45, 7) is 1.97. The normalized spacial score (nSPS) is 18.1. The second kappa shape index (κ2) is 6.29. The molecule has 0 unspecified atom stereocenters. The van der Waals surface area contributed by atoms with E-state index in [0.717, 1.165) is 19.4 Å². The van der Waals surface area contributed by atoms with Gasteiger partial charge < -0.3 is 13.9 Å². The minimum atomic E-state index is -0.545. The number of nitro groups is 1. The van der Waals surface area contributed by atoms with E-state index >= 15 is 0 Å². The number of hydrogen-bond donors (Lipinski definition) is 0. The number of nitro benzene ring substituents is 1. The molecule has 2 heterocycles. The van der Waals surface area contributed by atoms with Crippen LogP contribution in [0.5, 0.6) is 0 Å². The average molecular weight is 308 g/mol. The Kier molecular flexibility index (Phi) is 4.21. The van der Waals surface area contributed by atoms with Gasteiger partial charge in [-0.3, -0.25) is 14.7 Å². The molecule has 1 fully saturated rings. The predicted octanol–water partition coefficient (Wildman–Crippen LogP) is 1.70. The van der Waals surface area contributed by atoms with Gasteiger partial charge in [0.05, 0.1) is 42.4 Å². The van der Waals surface area contributed by atoms with Crippen LogP contribution < -0.4 is 5.76 Å². The van der Waals surface area contributed by atoms with Crippen LogP contribution >= 0.6 is 0 Å². The van der Waals surface area contributed by atoms with Crippen molar-refractivity contribution in [2.24, 2.45) is 0 Å². The van der Waals surface area contributed by atoms with Crippen molar-refractivity contribution in [3.63, 3.8) is 0 Å². The largest absolute Gasteiger partial charge is 0.420 e. The molecule has 0 aliphatic carbocycles. The molecule has 0 bridgehead atoms. The van der Waals surface area contributed by atoms with E-state index in [1.807, 2.05) is 0 Å². The molecule has 0 N–H and O–H groups in total. The predicted molar refractivity (Wildman–Crippen MR) is 76.9 cm³/mol. The smallest absolute Gasteiger partial charge is 0.407 e. The summed E-state index contributed by atoms with van der Waals surface area (Å²) in [6.07, 6.45) is 2.19. The number of aromatic nitrogens is 1. The molecule has 1 atom stereocenters. The Bertz CT molecular complexity index is 728. The number of ether oxygens (including phenoxy) is 2. The molecule has 1 aliphatic heterocycles. The van der Waals surface area contributed by atoms with Crippen LogP contribution in [0.25, 0.3) is 11.1 Å². The van der Waals surface area contributed by atoms with Crippen molar-refractivity contribution in [2.75, 3.05) is 19.8 Å². The maximum atomic E-state index is 11.8. The van der Waals surface area contributed by atoms with Crippen LogP contribution in [-0.2, 0) is 16.0 Å². The third kappa shape index (κ3) is 3.02. The van der Waals surface area contributed by atoms with Crippen molar-refractivity contribution in [1.29, 1.82) is 0 Å². The first-order valence-electron chi connectivity index (χ1n) is 7.12. The fourth-order valence-electron chi connectivity index (χ4n) is 2.53. The van der Waals surface area contributed by atoms with Gasteiger partial charge in [-0.15, -0.1) is 0 Å². The summed E-state index contributed by atoms with van der Waals surface area (Å²) in [5, 5.41) is 10.7. The molecule has 1 aliphatic rings. The summed E-state index contributed by atoms with van der Waals surface area (Å²) < 4.78 is 17.4. The fourth-order valence-corrected chi connectivity index (χ4v) is 2.53. The van der Waals surface area contributed by atoms with E-state index in [1.54, 1.807) is 0 Å². The SMILES string of the molecule is O=c1oc2cc([N+](=O)[O-])ccc2n1CCOC[C@@H]1CCCO1. The number of fused-ring (bicyclic) bond motifs is 1. The second-order valence-electron chi connectivity index (χ2n) is 5.14. The van der Waals surface area contributed by atoms with E-state index in [0.29, 0.717) is 25.3 Å². The Morgan fingerprint density at radius 1 is 1.45 bits per heavy atom. The zero-order valence-electron chi connectivity index (χ0n) is 11.9. The Balaban J connectivity index is 1.66. The molecule has 2 aromatic rings. The van der Waals surface area contributed by atoms with Crippen LogP contribution in [0.15, 0.2) is 27.4 Å². The minimum absolute atomic E-state index is 0.108. The Hall–Kier alpha value is -2.19. The highest BCUT2D eigenvalue weighted by atomic mass is 16.6. The lowest BCUT2D eigenvalue weighted by atomic mass is 10.2. The van der Waals surface area contributed by atoms with Gasteiger partial charge in [-0.2, -0.15) is 0 Å². The number of non-ortho nitro benzene ring substituents is 1. The first-order chi connectivity index (χ1) is 10.6. The minimum Gasteiger partial charge on any atom is -0.407 e. The Morgan fingerprint density at radius 3 is 3.05 bits per heavy atom. The molecule has 0 saturated carbocycles. The van der Waals surface area contributed by atoms with Crippen LogP contribution in [0.1, 0.15) is 12.8 Å². The van der Waals surface area contributed by atoms with E-state index < -0.39 is 10.7 Å². The van der Waals surface area contributed by atoms with Crippen molar-refractivity contribution in [3.8, 4) is 0 Å². The molecular weight excluding hydrogens is 292 g/mol. The number of benzene rings is 1. The molecule has 0 amide bonds. The van der Waals surface area contributed by atoms with Crippen LogP contribution in [0.3, 0.4) is 0 Å². The van der Waals surface area contributed by atoms with Crippen molar-refractivity contribution < 1.29 is 18.8 Å². The third-order valence-corrected chi connectivity index (χ3v) is 3.65. The molecule has 118 valence electrons. The van der Waals surface area contributed by atoms with Gasteiger partial charge in [-0.25, -0.2) is 4.79 Å². The van der Waals surface area contributed by atoms with Crippen molar-refractivity contribution >= 4 is 16.8 Å². The lowest BCUT2D eigenvalue weighted by Gasteiger charge is -2.10. The molecular formula is C14H16N2O6. The van der Waals surface area contributed by atoms with Gasteiger partial charge in [0.1, 0.15) is 0 Å². The first kappa shape index (κ1) is 14.7. The third-order valence-electron chi connectivity index (χ3n) is 3.65. The summed E-state index contributed by atoms with van der Waals surface area (Å²) in [5.74, 6) is -0.545. The highest BCUT2D eigenvalue weighted by Gasteiger charge is 2.16. The Morgan fingerprint density at radius 2 is 2.32 bits per heavy atom. The maximum Gasteiger partial charge on any atom is 0.420 e. The second-order valence-corrected chi connectivity index (χ2v) is 5.14. The quantitative estimate of drug-likeness (QED) is 0.458. The average Bonchev–Trinajstić information content (AvgIpc) is 3.10. The number of nitrogens with zero attached hydrogens (tertiary/aromatic N) is 2. The molecule has 3 rings (SSSR count). The molecule has 1 aromatic heterocycles. The lowest BCUT2D eigenvalue weighted by Crippen LogP contribution is -2.20. The summed E-state index contributed by atoms with van der Waals surface area (Å²) >= 11 is 0. The molecule has 8 heteroatoms. The number of rotatable bonds is 6. The van der Waals surface area contributed by atoms with E-state index in [4.69, 9.17) is 13.9 Å². The Labute approximate surface area is 125 Å². The van der Waals surface area contributed by atoms with E-state index in [2.05, 4.69) is 0 Å².